The molecular weight excluding hydrogens is 258 g/mol. The first kappa shape index (κ1) is 15.3. The molecule has 2 N–H and O–H groups in total. The Labute approximate surface area is 120 Å². The molecule has 2 aliphatic rings. The van der Waals surface area contributed by atoms with Gasteiger partial charge in [-0.05, 0) is 25.2 Å². The molecule has 20 heavy (non-hydrogen) atoms. The van der Waals surface area contributed by atoms with E-state index in [1.807, 2.05) is 9.80 Å². The number of carbonyl (C=O) groups is 2. The fourth-order valence-corrected chi connectivity index (χ4v) is 3.03. The van der Waals surface area contributed by atoms with Crippen LogP contribution in [-0.2, 0) is 14.3 Å². The van der Waals surface area contributed by atoms with E-state index in [9.17, 15) is 9.59 Å². The van der Waals surface area contributed by atoms with Crippen molar-refractivity contribution in [2.75, 3.05) is 33.3 Å². The van der Waals surface area contributed by atoms with E-state index in [0.717, 1.165) is 25.9 Å². The van der Waals surface area contributed by atoms with Crippen LogP contribution in [0.1, 0.15) is 26.2 Å². The van der Waals surface area contributed by atoms with Crippen LogP contribution in [0.5, 0.6) is 0 Å². The highest BCUT2D eigenvalue weighted by Crippen LogP contribution is 2.21. The lowest BCUT2D eigenvalue weighted by Crippen LogP contribution is -2.48. The Morgan fingerprint density at radius 3 is 2.50 bits per heavy atom. The average Bonchev–Trinajstić information content (AvgIpc) is 2.82. The predicted octanol–water partition coefficient (Wildman–Crippen LogP) is -0.180. The van der Waals surface area contributed by atoms with Crippen molar-refractivity contribution in [2.24, 2.45) is 11.7 Å². The highest BCUT2D eigenvalue weighted by molar-refractivity contribution is 5.83. The van der Waals surface area contributed by atoms with Crippen LogP contribution in [0.25, 0.3) is 0 Å². The molecule has 114 valence electrons. The lowest BCUT2D eigenvalue weighted by molar-refractivity contribution is -0.134. The molecule has 2 aliphatic heterocycles. The van der Waals surface area contributed by atoms with Gasteiger partial charge >= 0.3 is 0 Å². The number of nitrogens with two attached hydrogens (primary N) is 1. The number of hydrogen-bond acceptors (Lipinski definition) is 4. The number of methoxy groups -OCH3 is 1. The van der Waals surface area contributed by atoms with Crippen molar-refractivity contribution >= 4 is 11.8 Å². The Kier molecular flexibility index (Phi) is 4.99. The van der Waals surface area contributed by atoms with Gasteiger partial charge in [0.15, 0.2) is 0 Å². The number of hydrogen-bond donors (Lipinski definition) is 1. The van der Waals surface area contributed by atoms with Gasteiger partial charge < -0.3 is 15.4 Å². The molecular formula is C14H25N3O3. The first-order valence-corrected chi connectivity index (χ1v) is 7.35. The summed E-state index contributed by atoms with van der Waals surface area (Å²) in [4.78, 5) is 27.5. The molecule has 2 fully saturated rings. The summed E-state index contributed by atoms with van der Waals surface area (Å²) >= 11 is 0. The zero-order valence-electron chi connectivity index (χ0n) is 12.4. The number of nitrogens with zero attached hydrogens (tertiary/aromatic N) is 2. The zero-order chi connectivity index (χ0) is 14.7. The molecule has 0 aromatic heterocycles. The molecule has 2 heterocycles. The quantitative estimate of drug-likeness (QED) is 0.776. The predicted molar refractivity (Wildman–Crippen MR) is 74.9 cm³/mol. The summed E-state index contributed by atoms with van der Waals surface area (Å²) in [6, 6.07) is -0.382. The summed E-state index contributed by atoms with van der Waals surface area (Å²) in [6.45, 7) is 4.72. The number of rotatable bonds is 4. The van der Waals surface area contributed by atoms with E-state index < -0.39 is 0 Å². The molecule has 0 bridgehead atoms. The van der Waals surface area contributed by atoms with Gasteiger partial charge in [-0.3, -0.25) is 14.5 Å². The molecule has 0 radical (unpaired) electrons. The van der Waals surface area contributed by atoms with Crippen molar-refractivity contribution in [3.05, 3.63) is 0 Å². The summed E-state index contributed by atoms with van der Waals surface area (Å²) in [5, 5.41) is 0. The number of piperidine rings is 1. The number of primary amides is 1. The monoisotopic (exact) mass is 283 g/mol. The highest BCUT2D eigenvalue weighted by atomic mass is 16.5. The summed E-state index contributed by atoms with van der Waals surface area (Å²) in [6.07, 6.45) is 2.69. The molecule has 0 aromatic carbocycles. The second-order valence-corrected chi connectivity index (χ2v) is 6.00. The van der Waals surface area contributed by atoms with Gasteiger partial charge in [0.2, 0.25) is 11.8 Å². The Balaban J connectivity index is 1.90. The number of amides is 2. The topological polar surface area (TPSA) is 75.9 Å². The third-order valence-corrected chi connectivity index (χ3v) is 4.50. The van der Waals surface area contributed by atoms with E-state index in [2.05, 4.69) is 6.92 Å². The molecule has 0 spiro atoms. The van der Waals surface area contributed by atoms with Gasteiger partial charge in [-0.25, -0.2) is 0 Å². The molecule has 0 aromatic rings. The van der Waals surface area contributed by atoms with Gasteiger partial charge in [0, 0.05) is 26.7 Å². The first-order chi connectivity index (χ1) is 9.51. The Hall–Kier alpha value is -1.14. The van der Waals surface area contributed by atoms with Crippen molar-refractivity contribution < 1.29 is 14.3 Å². The first-order valence-electron chi connectivity index (χ1n) is 7.35. The Bertz CT molecular complexity index is 367. The number of carbonyl (C=O) groups excluding carboxylic acids is 2. The third-order valence-electron chi connectivity index (χ3n) is 4.50. The van der Waals surface area contributed by atoms with Crippen molar-refractivity contribution in [2.45, 2.75) is 38.3 Å². The molecule has 2 saturated heterocycles. The van der Waals surface area contributed by atoms with Crippen LogP contribution < -0.4 is 5.73 Å². The van der Waals surface area contributed by atoms with Crippen molar-refractivity contribution in [1.29, 1.82) is 0 Å². The molecule has 6 nitrogen and oxygen atoms in total. The standard InChI is InChI=1S/C14H25N3O3/c1-10-3-5-16(6-4-10)13(18)9-17-8-11(20-2)7-12(17)14(15)19/h10-12H,3-9H2,1-2H3,(H2,15,19)/t11-,12-/m0/s1. The van der Waals surface area contributed by atoms with Crippen molar-refractivity contribution in [3.8, 4) is 0 Å². The maximum absolute atomic E-state index is 12.3. The van der Waals surface area contributed by atoms with E-state index in [0.29, 0.717) is 18.9 Å². The van der Waals surface area contributed by atoms with Gasteiger partial charge in [-0.1, -0.05) is 6.92 Å². The molecule has 2 amide bonds. The second-order valence-electron chi connectivity index (χ2n) is 6.00. The van der Waals surface area contributed by atoms with Gasteiger partial charge in [-0.15, -0.1) is 0 Å². The van der Waals surface area contributed by atoms with Crippen LogP contribution in [0.4, 0.5) is 0 Å². The molecule has 0 saturated carbocycles. The number of ether oxygens (including phenoxy) is 1. The van der Waals surface area contributed by atoms with E-state index in [1.165, 1.54) is 0 Å². The summed E-state index contributed by atoms with van der Waals surface area (Å²) in [5.74, 6) is 0.423. The van der Waals surface area contributed by atoms with Crippen LogP contribution in [0, 0.1) is 5.92 Å². The minimum absolute atomic E-state index is 0.0123. The van der Waals surface area contributed by atoms with E-state index in [4.69, 9.17) is 10.5 Å². The molecule has 0 unspecified atom stereocenters. The van der Waals surface area contributed by atoms with Crippen LogP contribution in [-0.4, -0.2) is 67.0 Å². The van der Waals surface area contributed by atoms with E-state index in [-0.39, 0.29) is 30.5 Å². The number of likely N-dealkylation sites (tertiary alicyclic amines) is 2. The summed E-state index contributed by atoms with van der Waals surface area (Å²) in [5.41, 5.74) is 5.42. The smallest absolute Gasteiger partial charge is 0.236 e. The Morgan fingerprint density at radius 1 is 1.30 bits per heavy atom. The van der Waals surface area contributed by atoms with Gasteiger partial charge in [0.1, 0.15) is 0 Å². The van der Waals surface area contributed by atoms with Crippen LogP contribution in [0.15, 0.2) is 0 Å². The van der Waals surface area contributed by atoms with Gasteiger partial charge in [0.25, 0.3) is 0 Å². The van der Waals surface area contributed by atoms with E-state index >= 15 is 0 Å². The molecule has 0 aliphatic carbocycles. The fraction of sp³-hybridized carbons (Fsp3) is 0.857. The minimum atomic E-state index is -0.382. The molecule has 2 rings (SSSR count). The van der Waals surface area contributed by atoms with Crippen LogP contribution in [0.3, 0.4) is 0 Å². The SMILES string of the molecule is CO[C@H]1C[C@@H](C(N)=O)N(CC(=O)N2CCC(C)CC2)C1. The average molecular weight is 283 g/mol. The molecule has 2 atom stereocenters. The van der Waals surface area contributed by atoms with Crippen molar-refractivity contribution in [1.82, 2.24) is 9.80 Å². The molecule has 6 heteroatoms. The van der Waals surface area contributed by atoms with Crippen LogP contribution in [0.2, 0.25) is 0 Å². The largest absolute Gasteiger partial charge is 0.380 e. The summed E-state index contributed by atoms with van der Waals surface area (Å²) < 4.78 is 5.29. The normalized spacial score (nSPS) is 28.8. The maximum atomic E-state index is 12.3. The lowest BCUT2D eigenvalue weighted by atomic mass is 9.99. The van der Waals surface area contributed by atoms with Gasteiger partial charge in [-0.2, -0.15) is 0 Å². The second kappa shape index (κ2) is 6.54. The van der Waals surface area contributed by atoms with Gasteiger partial charge in [0.05, 0.1) is 18.7 Å². The fourth-order valence-electron chi connectivity index (χ4n) is 3.03. The maximum Gasteiger partial charge on any atom is 0.236 e. The summed E-state index contributed by atoms with van der Waals surface area (Å²) in [7, 11) is 1.63. The van der Waals surface area contributed by atoms with Crippen molar-refractivity contribution in [3.63, 3.8) is 0 Å². The Morgan fingerprint density at radius 2 is 1.95 bits per heavy atom. The third kappa shape index (κ3) is 3.49. The highest BCUT2D eigenvalue weighted by Gasteiger charge is 2.37. The zero-order valence-corrected chi connectivity index (χ0v) is 12.4. The lowest BCUT2D eigenvalue weighted by Gasteiger charge is -2.32. The van der Waals surface area contributed by atoms with Crippen LogP contribution >= 0.6 is 0 Å². The minimum Gasteiger partial charge on any atom is -0.380 e. The van der Waals surface area contributed by atoms with E-state index in [1.54, 1.807) is 7.11 Å².